The molecule has 1 heterocycles. The van der Waals surface area contributed by atoms with Crippen LogP contribution in [0, 0.1) is 0 Å². The number of nitrogens with one attached hydrogen (secondary N) is 2. The van der Waals surface area contributed by atoms with Crippen LogP contribution in [-0.4, -0.2) is 28.5 Å². The Kier molecular flexibility index (Phi) is 5.02. The number of urea groups is 1. The van der Waals surface area contributed by atoms with E-state index in [4.69, 9.17) is 4.74 Å². The standard InChI is InChI=1S/C18H22N4O3/c1-3-25-16-7-5-4-6-15(16)20-18(24)19-13-8-9-14-12(10-13)11-17(23)22(2)21-14/h4-7,11,13H,3,8-10H2,1-2H3,(H2,19,20,24). The lowest BCUT2D eigenvalue weighted by Gasteiger charge is -2.25. The molecule has 25 heavy (non-hydrogen) atoms. The predicted molar refractivity (Wildman–Crippen MR) is 95.1 cm³/mol. The van der Waals surface area contributed by atoms with Gasteiger partial charge in [-0.05, 0) is 43.9 Å². The fraction of sp³-hybridized carbons (Fsp3) is 0.389. The molecule has 3 rings (SSSR count). The van der Waals surface area contributed by atoms with Crippen LogP contribution in [0.4, 0.5) is 10.5 Å². The van der Waals surface area contributed by atoms with Gasteiger partial charge in [0.25, 0.3) is 5.56 Å². The van der Waals surface area contributed by atoms with Gasteiger partial charge in [-0.2, -0.15) is 5.10 Å². The van der Waals surface area contributed by atoms with E-state index in [1.54, 1.807) is 19.2 Å². The van der Waals surface area contributed by atoms with Gasteiger partial charge in [-0.1, -0.05) is 12.1 Å². The summed E-state index contributed by atoms with van der Waals surface area (Å²) in [6, 6.07) is 8.62. The number of ether oxygens (including phenoxy) is 1. The maximum atomic E-state index is 12.3. The summed E-state index contributed by atoms with van der Waals surface area (Å²) >= 11 is 0. The number of hydrogen-bond acceptors (Lipinski definition) is 4. The quantitative estimate of drug-likeness (QED) is 0.888. The number of anilines is 1. The fourth-order valence-electron chi connectivity index (χ4n) is 3.00. The van der Waals surface area contributed by atoms with E-state index in [0.717, 1.165) is 24.1 Å². The number of nitrogens with zero attached hydrogens (tertiary/aromatic N) is 2. The topological polar surface area (TPSA) is 85.2 Å². The van der Waals surface area contributed by atoms with Gasteiger partial charge in [0.1, 0.15) is 5.75 Å². The lowest BCUT2D eigenvalue weighted by atomic mass is 9.92. The summed E-state index contributed by atoms with van der Waals surface area (Å²) in [5.74, 6) is 0.641. The maximum Gasteiger partial charge on any atom is 0.319 e. The first-order chi connectivity index (χ1) is 12.1. The highest BCUT2D eigenvalue weighted by Crippen LogP contribution is 2.24. The smallest absolute Gasteiger partial charge is 0.319 e. The zero-order valence-corrected chi connectivity index (χ0v) is 14.4. The second kappa shape index (κ2) is 7.38. The van der Waals surface area contributed by atoms with E-state index in [9.17, 15) is 9.59 Å². The van der Waals surface area contributed by atoms with Gasteiger partial charge in [-0.15, -0.1) is 0 Å². The van der Waals surface area contributed by atoms with Crippen LogP contribution in [0.3, 0.4) is 0 Å². The van der Waals surface area contributed by atoms with Crippen molar-refractivity contribution in [3.05, 3.63) is 51.9 Å². The predicted octanol–water partition coefficient (Wildman–Crippen LogP) is 1.86. The first kappa shape index (κ1) is 17.0. The van der Waals surface area contributed by atoms with E-state index >= 15 is 0 Å². The number of para-hydroxylation sites is 2. The molecule has 132 valence electrons. The molecule has 1 aromatic carbocycles. The Morgan fingerprint density at radius 3 is 3.00 bits per heavy atom. The number of benzene rings is 1. The van der Waals surface area contributed by atoms with E-state index in [1.165, 1.54) is 4.68 Å². The number of aromatic nitrogens is 2. The van der Waals surface area contributed by atoms with Crippen LogP contribution in [0.2, 0.25) is 0 Å². The second-order valence-corrected chi connectivity index (χ2v) is 6.05. The summed E-state index contributed by atoms with van der Waals surface area (Å²) < 4.78 is 6.86. The molecule has 0 saturated heterocycles. The van der Waals surface area contributed by atoms with Gasteiger partial charge in [0.05, 0.1) is 18.0 Å². The third-order valence-corrected chi connectivity index (χ3v) is 4.22. The summed E-state index contributed by atoms with van der Waals surface area (Å²) in [7, 11) is 1.65. The average molecular weight is 342 g/mol. The Labute approximate surface area is 146 Å². The molecule has 1 aliphatic rings. The summed E-state index contributed by atoms with van der Waals surface area (Å²) in [6.45, 7) is 2.43. The molecule has 1 unspecified atom stereocenters. The van der Waals surface area contributed by atoms with E-state index in [-0.39, 0.29) is 17.6 Å². The molecule has 0 bridgehead atoms. The van der Waals surface area contributed by atoms with Crippen molar-refractivity contribution in [1.82, 2.24) is 15.1 Å². The van der Waals surface area contributed by atoms with Gasteiger partial charge >= 0.3 is 6.03 Å². The largest absolute Gasteiger partial charge is 0.492 e. The van der Waals surface area contributed by atoms with E-state index in [0.29, 0.717) is 24.5 Å². The van der Waals surface area contributed by atoms with Gasteiger partial charge < -0.3 is 15.4 Å². The monoisotopic (exact) mass is 342 g/mol. The van der Waals surface area contributed by atoms with Gasteiger partial charge in [-0.3, -0.25) is 4.79 Å². The molecule has 1 atom stereocenters. The van der Waals surface area contributed by atoms with Crippen molar-refractivity contribution in [3.63, 3.8) is 0 Å². The third-order valence-electron chi connectivity index (χ3n) is 4.22. The minimum Gasteiger partial charge on any atom is -0.492 e. The molecule has 2 aromatic rings. The van der Waals surface area contributed by atoms with Gasteiger partial charge in [0.15, 0.2) is 0 Å². The van der Waals surface area contributed by atoms with Crippen LogP contribution in [0.25, 0.3) is 0 Å². The number of aryl methyl sites for hydroxylation is 2. The zero-order chi connectivity index (χ0) is 17.8. The molecule has 2 N–H and O–H groups in total. The molecule has 0 fully saturated rings. The first-order valence-corrected chi connectivity index (χ1v) is 8.42. The SMILES string of the molecule is CCOc1ccccc1NC(=O)NC1CCc2nn(C)c(=O)cc2C1. The molecule has 0 saturated carbocycles. The number of amides is 2. The minimum absolute atomic E-state index is 0.0272. The number of carbonyl (C=O) groups excluding carboxylic acids is 1. The number of fused-ring (bicyclic) bond motifs is 1. The average Bonchev–Trinajstić information content (AvgIpc) is 2.58. The number of hydrogen-bond donors (Lipinski definition) is 2. The van der Waals surface area contributed by atoms with Crippen LogP contribution in [0.1, 0.15) is 24.6 Å². The molecular formula is C18H22N4O3. The van der Waals surface area contributed by atoms with E-state index < -0.39 is 0 Å². The Morgan fingerprint density at radius 1 is 1.40 bits per heavy atom. The molecule has 7 heteroatoms. The molecule has 2 amide bonds. The first-order valence-electron chi connectivity index (χ1n) is 8.42. The van der Waals surface area contributed by atoms with Gasteiger partial charge in [0, 0.05) is 19.2 Å². The molecule has 0 radical (unpaired) electrons. The molecule has 1 aliphatic carbocycles. The normalized spacial score (nSPS) is 16.0. The summed E-state index contributed by atoms with van der Waals surface area (Å²) in [6.07, 6.45) is 2.14. The highest BCUT2D eigenvalue weighted by atomic mass is 16.5. The molecule has 0 aliphatic heterocycles. The maximum absolute atomic E-state index is 12.3. The van der Waals surface area contributed by atoms with Crippen molar-refractivity contribution in [2.24, 2.45) is 7.05 Å². The minimum atomic E-state index is -0.280. The van der Waals surface area contributed by atoms with Crippen molar-refractivity contribution < 1.29 is 9.53 Å². The summed E-state index contributed by atoms with van der Waals surface area (Å²) in [5, 5.41) is 10.1. The van der Waals surface area contributed by atoms with Crippen molar-refractivity contribution >= 4 is 11.7 Å². The van der Waals surface area contributed by atoms with Crippen molar-refractivity contribution in [2.45, 2.75) is 32.2 Å². The van der Waals surface area contributed by atoms with Crippen molar-refractivity contribution in [3.8, 4) is 5.75 Å². The van der Waals surface area contributed by atoms with Crippen LogP contribution >= 0.6 is 0 Å². The lowest BCUT2D eigenvalue weighted by molar-refractivity contribution is 0.246. The van der Waals surface area contributed by atoms with Gasteiger partial charge in [0.2, 0.25) is 0 Å². The number of carbonyl (C=O) groups is 1. The van der Waals surface area contributed by atoms with E-state index in [2.05, 4.69) is 15.7 Å². The van der Waals surface area contributed by atoms with Crippen molar-refractivity contribution in [1.29, 1.82) is 0 Å². The summed E-state index contributed by atoms with van der Waals surface area (Å²) in [5.41, 5.74) is 2.35. The van der Waals surface area contributed by atoms with Crippen LogP contribution in [0.5, 0.6) is 5.75 Å². The molecule has 0 spiro atoms. The Morgan fingerprint density at radius 2 is 2.20 bits per heavy atom. The van der Waals surface area contributed by atoms with Crippen LogP contribution < -0.4 is 20.9 Å². The fourth-order valence-corrected chi connectivity index (χ4v) is 3.00. The zero-order valence-electron chi connectivity index (χ0n) is 14.4. The van der Waals surface area contributed by atoms with Gasteiger partial charge in [-0.25, -0.2) is 9.48 Å². The molecule has 1 aromatic heterocycles. The molecular weight excluding hydrogens is 320 g/mol. The third kappa shape index (κ3) is 3.99. The lowest BCUT2D eigenvalue weighted by Crippen LogP contribution is -2.42. The van der Waals surface area contributed by atoms with Crippen LogP contribution in [0.15, 0.2) is 35.1 Å². The Balaban J connectivity index is 1.64. The Bertz CT molecular complexity index is 831. The Hall–Kier alpha value is -2.83. The van der Waals surface area contributed by atoms with E-state index in [1.807, 2.05) is 25.1 Å². The summed E-state index contributed by atoms with van der Waals surface area (Å²) in [4.78, 5) is 24.1. The highest BCUT2D eigenvalue weighted by molar-refractivity contribution is 5.91. The van der Waals surface area contributed by atoms with Crippen molar-refractivity contribution in [2.75, 3.05) is 11.9 Å². The molecule has 7 nitrogen and oxygen atoms in total. The highest BCUT2D eigenvalue weighted by Gasteiger charge is 2.22. The number of rotatable bonds is 4. The second-order valence-electron chi connectivity index (χ2n) is 6.05. The van der Waals surface area contributed by atoms with Crippen LogP contribution in [-0.2, 0) is 19.9 Å².